The van der Waals surface area contributed by atoms with E-state index in [1.807, 2.05) is 0 Å². The van der Waals surface area contributed by atoms with Crippen molar-refractivity contribution in [3.63, 3.8) is 0 Å². The molecule has 2 N–H and O–H groups in total. The number of nitro groups is 1. The summed E-state index contributed by atoms with van der Waals surface area (Å²) in [6.07, 6.45) is 1.22. The zero-order valence-corrected chi connectivity index (χ0v) is 12.0. The first-order valence-electron chi connectivity index (χ1n) is 5.84. The van der Waals surface area contributed by atoms with Gasteiger partial charge in [-0.2, -0.15) is 0 Å². The Morgan fingerprint density at radius 2 is 2.05 bits per heavy atom. The molecule has 8 nitrogen and oxygen atoms in total. The molecule has 0 amide bonds. The van der Waals surface area contributed by atoms with Crippen LogP contribution in [0.3, 0.4) is 0 Å². The molecule has 110 valence electrons. The summed E-state index contributed by atoms with van der Waals surface area (Å²) >= 11 is 6.06. The Balaban J connectivity index is 2.47. The molecule has 2 aromatic rings. The van der Waals surface area contributed by atoms with Crippen LogP contribution in [-0.2, 0) is 0 Å². The lowest BCUT2D eigenvalue weighted by molar-refractivity contribution is -0.383. The number of nitrogens with zero attached hydrogens (tertiary/aromatic N) is 3. The number of rotatable bonds is 5. The fourth-order valence-electron chi connectivity index (χ4n) is 1.68. The van der Waals surface area contributed by atoms with Crippen molar-refractivity contribution in [1.82, 2.24) is 9.97 Å². The summed E-state index contributed by atoms with van der Waals surface area (Å²) < 4.78 is 5.09. The Labute approximate surface area is 125 Å². The number of nitrogens with one attached hydrogen (secondary N) is 2. The highest BCUT2D eigenvalue weighted by Crippen LogP contribution is 2.34. The topological polar surface area (TPSA) is 102 Å². The number of hydrogen-bond acceptors (Lipinski definition) is 7. The quantitative estimate of drug-likeness (QED) is 0.646. The Kier molecular flexibility index (Phi) is 4.39. The van der Waals surface area contributed by atoms with Crippen LogP contribution in [0.25, 0.3) is 0 Å². The summed E-state index contributed by atoms with van der Waals surface area (Å²) in [5, 5.41) is 17.0. The molecule has 0 unspecified atom stereocenters. The minimum atomic E-state index is -0.567. The molecule has 2 rings (SSSR count). The molecule has 0 saturated carbocycles. The lowest BCUT2D eigenvalue weighted by Gasteiger charge is -2.10. The van der Waals surface area contributed by atoms with Gasteiger partial charge in [-0.05, 0) is 12.1 Å². The molecule has 0 aliphatic carbocycles. The van der Waals surface area contributed by atoms with Gasteiger partial charge in [-0.25, -0.2) is 9.97 Å². The fraction of sp³-hybridized carbons (Fsp3) is 0.167. The number of aromatic nitrogens is 2. The molecule has 0 aliphatic rings. The first-order valence-corrected chi connectivity index (χ1v) is 6.22. The molecular weight excluding hydrogens is 298 g/mol. The highest BCUT2D eigenvalue weighted by atomic mass is 35.5. The van der Waals surface area contributed by atoms with E-state index in [4.69, 9.17) is 16.3 Å². The van der Waals surface area contributed by atoms with E-state index in [-0.39, 0.29) is 17.3 Å². The molecule has 21 heavy (non-hydrogen) atoms. The van der Waals surface area contributed by atoms with Gasteiger partial charge in [-0.15, -0.1) is 0 Å². The minimum absolute atomic E-state index is 0.0366. The molecule has 0 spiro atoms. The van der Waals surface area contributed by atoms with Crippen molar-refractivity contribution in [3.05, 3.63) is 39.7 Å². The van der Waals surface area contributed by atoms with Gasteiger partial charge in [0.2, 0.25) is 11.6 Å². The predicted molar refractivity (Wildman–Crippen MR) is 79.5 cm³/mol. The monoisotopic (exact) mass is 309 g/mol. The van der Waals surface area contributed by atoms with E-state index in [1.54, 1.807) is 18.2 Å². The largest absolute Gasteiger partial charge is 0.497 e. The maximum absolute atomic E-state index is 11.2. The van der Waals surface area contributed by atoms with E-state index in [0.717, 1.165) is 0 Å². The van der Waals surface area contributed by atoms with Gasteiger partial charge in [0.15, 0.2) is 0 Å². The Hall–Kier alpha value is -2.61. The average molecular weight is 310 g/mol. The van der Waals surface area contributed by atoms with Gasteiger partial charge in [-0.1, -0.05) is 11.6 Å². The predicted octanol–water partition coefficient (Wildman–Crippen LogP) is 2.83. The zero-order chi connectivity index (χ0) is 15.4. The van der Waals surface area contributed by atoms with E-state index in [1.165, 1.54) is 20.5 Å². The molecule has 1 aromatic carbocycles. The number of benzene rings is 1. The van der Waals surface area contributed by atoms with Gasteiger partial charge >= 0.3 is 5.69 Å². The molecule has 0 saturated heterocycles. The molecule has 1 aromatic heterocycles. The van der Waals surface area contributed by atoms with Crippen LogP contribution in [0.1, 0.15) is 0 Å². The fourth-order valence-corrected chi connectivity index (χ4v) is 1.85. The number of halogens is 1. The lowest BCUT2D eigenvalue weighted by Crippen LogP contribution is -2.05. The smallest absolute Gasteiger partial charge is 0.353 e. The molecular formula is C12H12ClN5O3. The Morgan fingerprint density at radius 3 is 2.67 bits per heavy atom. The first-order chi connectivity index (χ1) is 10.1. The third-order valence-electron chi connectivity index (χ3n) is 2.67. The summed E-state index contributed by atoms with van der Waals surface area (Å²) in [5.41, 5.74) is 0.179. The van der Waals surface area contributed by atoms with E-state index in [9.17, 15) is 10.1 Å². The maximum Gasteiger partial charge on any atom is 0.353 e. The standard InChI is InChI=1S/C12H12ClN5O3/c1-14-11-10(18(19)20)12(16-6-15-11)17-9-5-7(21-2)3-4-8(9)13/h3-6H,1-2H3,(H2,14,15,16,17). The normalized spacial score (nSPS) is 10.0. The van der Waals surface area contributed by atoms with Crippen molar-refractivity contribution in [2.75, 3.05) is 24.8 Å². The maximum atomic E-state index is 11.2. The van der Waals surface area contributed by atoms with Crippen LogP contribution in [-0.4, -0.2) is 29.0 Å². The van der Waals surface area contributed by atoms with Crippen LogP contribution in [0, 0.1) is 10.1 Å². The molecule has 0 bridgehead atoms. The van der Waals surface area contributed by atoms with Crippen LogP contribution in [0.15, 0.2) is 24.5 Å². The summed E-state index contributed by atoms with van der Waals surface area (Å²) in [5.74, 6) is 0.707. The van der Waals surface area contributed by atoms with E-state index < -0.39 is 4.92 Å². The van der Waals surface area contributed by atoms with E-state index in [0.29, 0.717) is 16.5 Å². The lowest BCUT2D eigenvalue weighted by atomic mass is 10.3. The minimum Gasteiger partial charge on any atom is -0.497 e. The molecule has 0 aliphatic heterocycles. The molecule has 9 heteroatoms. The number of hydrogen-bond donors (Lipinski definition) is 2. The first kappa shape index (κ1) is 14.8. The third kappa shape index (κ3) is 3.11. The Morgan fingerprint density at radius 1 is 1.33 bits per heavy atom. The van der Waals surface area contributed by atoms with Crippen molar-refractivity contribution in [1.29, 1.82) is 0 Å². The van der Waals surface area contributed by atoms with Gasteiger partial charge in [0.25, 0.3) is 0 Å². The number of ether oxygens (including phenoxy) is 1. The van der Waals surface area contributed by atoms with Crippen LogP contribution in [0.5, 0.6) is 5.75 Å². The summed E-state index contributed by atoms with van der Waals surface area (Å²) in [4.78, 5) is 18.3. The van der Waals surface area contributed by atoms with E-state index in [2.05, 4.69) is 20.6 Å². The van der Waals surface area contributed by atoms with Gasteiger partial charge in [0.05, 0.1) is 22.7 Å². The second-order valence-corrected chi connectivity index (χ2v) is 4.30. The van der Waals surface area contributed by atoms with Crippen LogP contribution in [0.4, 0.5) is 23.0 Å². The van der Waals surface area contributed by atoms with Crippen LogP contribution < -0.4 is 15.4 Å². The van der Waals surface area contributed by atoms with Crippen molar-refractivity contribution >= 4 is 34.6 Å². The second kappa shape index (κ2) is 6.23. The molecule has 1 heterocycles. The van der Waals surface area contributed by atoms with Crippen molar-refractivity contribution in [2.45, 2.75) is 0 Å². The molecule has 0 radical (unpaired) electrons. The summed E-state index contributed by atoms with van der Waals surface area (Å²) in [6, 6.07) is 4.92. The van der Waals surface area contributed by atoms with Crippen LogP contribution in [0.2, 0.25) is 5.02 Å². The second-order valence-electron chi connectivity index (χ2n) is 3.90. The molecule has 0 fully saturated rings. The Bertz CT molecular complexity index is 680. The number of anilines is 3. The summed E-state index contributed by atoms with van der Waals surface area (Å²) in [7, 11) is 3.05. The van der Waals surface area contributed by atoms with Crippen LogP contribution >= 0.6 is 11.6 Å². The van der Waals surface area contributed by atoms with Crippen molar-refractivity contribution in [3.8, 4) is 5.75 Å². The highest BCUT2D eigenvalue weighted by molar-refractivity contribution is 6.33. The van der Waals surface area contributed by atoms with Crippen molar-refractivity contribution < 1.29 is 9.66 Å². The average Bonchev–Trinajstić information content (AvgIpc) is 2.48. The van der Waals surface area contributed by atoms with Crippen molar-refractivity contribution in [2.24, 2.45) is 0 Å². The van der Waals surface area contributed by atoms with Gasteiger partial charge in [0, 0.05) is 13.1 Å². The van der Waals surface area contributed by atoms with E-state index >= 15 is 0 Å². The van der Waals surface area contributed by atoms with Gasteiger partial charge in [0.1, 0.15) is 12.1 Å². The summed E-state index contributed by atoms with van der Waals surface area (Å²) in [6.45, 7) is 0. The third-order valence-corrected chi connectivity index (χ3v) is 3.00. The molecule has 0 atom stereocenters. The highest BCUT2D eigenvalue weighted by Gasteiger charge is 2.22. The van der Waals surface area contributed by atoms with Gasteiger partial charge in [-0.3, -0.25) is 10.1 Å². The SMILES string of the molecule is CNc1ncnc(Nc2cc(OC)ccc2Cl)c1[N+](=O)[O-]. The number of methoxy groups -OCH3 is 1. The van der Waals surface area contributed by atoms with Gasteiger partial charge < -0.3 is 15.4 Å². The zero-order valence-electron chi connectivity index (χ0n) is 11.3.